The van der Waals surface area contributed by atoms with Crippen molar-refractivity contribution < 1.29 is 4.74 Å². The van der Waals surface area contributed by atoms with Gasteiger partial charge in [0.1, 0.15) is 11.9 Å². The molecule has 0 saturated carbocycles. The molecule has 0 radical (unpaired) electrons. The van der Waals surface area contributed by atoms with E-state index in [1.165, 1.54) is 0 Å². The Bertz CT molecular complexity index is 453. The molecule has 0 spiro atoms. The number of hydrogen-bond donors (Lipinski definition) is 1. The van der Waals surface area contributed by atoms with Crippen molar-refractivity contribution in [2.75, 3.05) is 25.4 Å². The molecule has 1 aliphatic heterocycles. The number of rotatable bonds is 3. The molecule has 19 heavy (non-hydrogen) atoms. The van der Waals surface area contributed by atoms with Gasteiger partial charge in [-0.25, -0.2) is 9.97 Å². The lowest BCUT2D eigenvalue weighted by Crippen LogP contribution is -2.42. The molecule has 1 aliphatic rings. The standard InChI is InChI=1S/C13H21BrN4O/c1-4-9-11(14)12(15)17-13(16-9)10-7-18(8(2)3)5-6-19-10/h8,10H,4-7H2,1-3H3,(H2,15,16,17). The maximum atomic E-state index is 5.93. The van der Waals surface area contributed by atoms with Gasteiger partial charge in [0.25, 0.3) is 0 Å². The Hall–Kier alpha value is -0.720. The van der Waals surface area contributed by atoms with Crippen molar-refractivity contribution in [2.45, 2.75) is 39.3 Å². The van der Waals surface area contributed by atoms with Gasteiger partial charge >= 0.3 is 0 Å². The second-order valence-corrected chi connectivity index (χ2v) is 5.82. The molecule has 1 unspecified atom stereocenters. The second-order valence-electron chi connectivity index (χ2n) is 5.03. The van der Waals surface area contributed by atoms with E-state index in [9.17, 15) is 0 Å². The minimum Gasteiger partial charge on any atom is -0.383 e. The Morgan fingerprint density at radius 3 is 2.84 bits per heavy atom. The van der Waals surface area contributed by atoms with Crippen LogP contribution in [0.2, 0.25) is 0 Å². The van der Waals surface area contributed by atoms with E-state index in [4.69, 9.17) is 10.5 Å². The van der Waals surface area contributed by atoms with Gasteiger partial charge in [0, 0.05) is 19.1 Å². The van der Waals surface area contributed by atoms with Crippen LogP contribution in [0, 0.1) is 0 Å². The fourth-order valence-corrected chi connectivity index (χ4v) is 2.66. The molecular weight excluding hydrogens is 308 g/mol. The summed E-state index contributed by atoms with van der Waals surface area (Å²) < 4.78 is 6.60. The average Bonchev–Trinajstić information content (AvgIpc) is 2.41. The van der Waals surface area contributed by atoms with Gasteiger partial charge in [0.05, 0.1) is 16.8 Å². The van der Waals surface area contributed by atoms with E-state index < -0.39 is 0 Å². The second kappa shape index (κ2) is 6.15. The molecule has 2 N–H and O–H groups in total. The summed E-state index contributed by atoms with van der Waals surface area (Å²) in [6.07, 6.45) is 0.734. The maximum Gasteiger partial charge on any atom is 0.161 e. The lowest BCUT2D eigenvalue weighted by Gasteiger charge is -2.34. The molecule has 1 fully saturated rings. The van der Waals surface area contributed by atoms with Crippen LogP contribution in [0.25, 0.3) is 0 Å². The third kappa shape index (κ3) is 3.24. The number of nitrogen functional groups attached to an aromatic ring is 1. The normalized spacial score (nSPS) is 21.0. The van der Waals surface area contributed by atoms with E-state index in [1.807, 2.05) is 0 Å². The quantitative estimate of drug-likeness (QED) is 0.921. The Balaban J connectivity index is 2.24. The van der Waals surface area contributed by atoms with Crippen LogP contribution < -0.4 is 5.73 Å². The summed E-state index contributed by atoms with van der Waals surface area (Å²) >= 11 is 3.43. The minimum atomic E-state index is -0.0863. The molecular formula is C13H21BrN4O. The van der Waals surface area contributed by atoms with Crippen LogP contribution in [0.3, 0.4) is 0 Å². The first-order valence-corrected chi connectivity index (χ1v) is 7.49. The first-order valence-electron chi connectivity index (χ1n) is 6.70. The zero-order valence-electron chi connectivity index (χ0n) is 11.7. The van der Waals surface area contributed by atoms with Crippen LogP contribution in [0.15, 0.2) is 4.47 Å². The molecule has 106 valence electrons. The third-order valence-corrected chi connectivity index (χ3v) is 4.28. The Kier molecular flexibility index (Phi) is 4.76. The number of hydrogen-bond acceptors (Lipinski definition) is 5. The summed E-state index contributed by atoms with van der Waals surface area (Å²) in [4.78, 5) is 11.3. The van der Waals surface area contributed by atoms with Crippen molar-refractivity contribution in [3.63, 3.8) is 0 Å². The van der Waals surface area contributed by atoms with Gasteiger partial charge in [0.15, 0.2) is 5.82 Å². The highest BCUT2D eigenvalue weighted by molar-refractivity contribution is 9.10. The monoisotopic (exact) mass is 328 g/mol. The topological polar surface area (TPSA) is 64.3 Å². The van der Waals surface area contributed by atoms with Gasteiger partial charge < -0.3 is 10.5 Å². The molecule has 1 atom stereocenters. The van der Waals surface area contributed by atoms with Gasteiger partial charge in [-0.3, -0.25) is 4.90 Å². The average molecular weight is 329 g/mol. The number of aryl methyl sites for hydroxylation is 1. The zero-order chi connectivity index (χ0) is 14.0. The van der Waals surface area contributed by atoms with Gasteiger partial charge in [-0.15, -0.1) is 0 Å². The van der Waals surface area contributed by atoms with E-state index in [0.29, 0.717) is 24.3 Å². The highest BCUT2D eigenvalue weighted by Crippen LogP contribution is 2.26. The predicted octanol–water partition coefficient (Wildman–Crippen LogP) is 2.17. The third-order valence-electron chi connectivity index (χ3n) is 3.41. The van der Waals surface area contributed by atoms with Crippen molar-refractivity contribution in [2.24, 2.45) is 0 Å². The summed E-state index contributed by atoms with van der Waals surface area (Å²) in [6, 6.07) is 0.504. The molecule has 5 nitrogen and oxygen atoms in total. The van der Waals surface area contributed by atoms with Crippen LogP contribution in [0.1, 0.15) is 38.4 Å². The van der Waals surface area contributed by atoms with Gasteiger partial charge in [-0.2, -0.15) is 0 Å². The lowest BCUT2D eigenvalue weighted by atomic mass is 10.2. The SMILES string of the molecule is CCc1nc(C2CN(C(C)C)CCO2)nc(N)c1Br. The number of halogens is 1. The van der Waals surface area contributed by atoms with Crippen LogP contribution in [-0.4, -0.2) is 40.6 Å². The van der Waals surface area contributed by atoms with Crippen molar-refractivity contribution in [1.29, 1.82) is 0 Å². The van der Waals surface area contributed by atoms with Crippen molar-refractivity contribution in [3.8, 4) is 0 Å². The number of aromatic nitrogens is 2. The van der Waals surface area contributed by atoms with E-state index in [2.05, 4.69) is 51.6 Å². The Labute approximate surface area is 122 Å². The molecule has 0 bridgehead atoms. The summed E-state index contributed by atoms with van der Waals surface area (Å²) in [6.45, 7) is 8.93. The molecule has 1 aromatic rings. The van der Waals surface area contributed by atoms with Gasteiger partial charge in [0.2, 0.25) is 0 Å². The van der Waals surface area contributed by atoms with Crippen molar-refractivity contribution >= 4 is 21.7 Å². The summed E-state index contributed by atoms with van der Waals surface area (Å²) in [5.41, 5.74) is 6.87. The molecule has 0 aliphatic carbocycles. The molecule has 2 heterocycles. The minimum absolute atomic E-state index is 0.0863. The predicted molar refractivity (Wildman–Crippen MR) is 78.9 cm³/mol. The van der Waals surface area contributed by atoms with Gasteiger partial charge in [-0.05, 0) is 36.2 Å². The van der Waals surface area contributed by atoms with E-state index in [-0.39, 0.29) is 6.10 Å². The largest absolute Gasteiger partial charge is 0.383 e. The number of nitrogens with zero attached hydrogens (tertiary/aromatic N) is 3. The summed E-state index contributed by atoms with van der Waals surface area (Å²) in [7, 11) is 0. The van der Waals surface area contributed by atoms with Crippen LogP contribution in [0.5, 0.6) is 0 Å². The van der Waals surface area contributed by atoms with E-state index in [1.54, 1.807) is 0 Å². The van der Waals surface area contributed by atoms with Crippen LogP contribution in [-0.2, 0) is 11.2 Å². The maximum absolute atomic E-state index is 5.93. The Morgan fingerprint density at radius 1 is 1.47 bits per heavy atom. The first kappa shape index (κ1) is 14.7. The fraction of sp³-hybridized carbons (Fsp3) is 0.692. The fourth-order valence-electron chi connectivity index (χ4n) is 2.21. The van der Waals surface area contributed by atoms with Gasteiger partial charge in [-0.1, -0.05) is 6.92 Å². The zero-order valence-corrected chi connectivity index (χ0v) is 13.3. The summed E-state index contributed by atoms with van der Waals surface area (Å²) in [5, 5.41) is 0. The molecule has 6 heteroatoms. The number of nitrogens with two attached hydrogens (primary N) is 1. The number of anilines is 1. The molecule has 1 saturated heterocycles. The summed E-state index contributed by atoms with van der Waals surface area (Å²) in [5.74, 6) is 1.19. The highest BCUT2D eigenvalue weighted by atomic mass is 79.9. The molecule has 0 aromatic carbocycles. The van der Waals surface area contributed by atoms with Crippen molar-refractivity contribution in [1.82, 2.24) is 14.9 Å². The van der Waals surface area contributed by atoms with Crippen molar-refractivity contribution in [3.05, 3.63) is 16.0 Å². The number of ether oxygens (including phenoxy) is 1. The Morgan fingerprint density at radius 2 is 2.21 bits per heavy atom. The van der Waals surface area contributed by atoms with Crippen LogP contribution in [0.4, 0.5) is 5.82 Å². The molecule has 1 aromatic heterocycles. The number of morpholine rings is 1. The molecule has 2 rings (SSSR count). The lowest BCUT2D eigenvalue weighted by molar-refractivity contribution is -0.0443. The molecule has 0 amide bonds. The van der Waals surface area contributed by atoms with E-state index in [0.717, 1.165) is 29.7 Å². The highest BCUT2D eigenvalue weighted by Gasteiger charge is 2.26. The smallest absolute Gasteiger partial charge is 0.161 e. The first-order chi connectivity index (χ1) is 9.02. The van der Waals surface area contributed by atoms with Crippen LogP contribution >= 0.6 is 15.9 Å². The van der Waals surface area contributed by atoms with E-state index >= 15 is 0 Å².